The lowest BCUT2D eigenvalue weighted by Crippen LogP contribution is -2.43. The lowest BCUT2D eigenvalue weighted by molar-refractivity contribution is -0.123. The van der Waals surface area contributed by atoms with Gasteiger partial charge in [0, 0.05) is 17.7 Å². The van der Waals surface area contributed by atoms with Gasteiger partial charge in [0.2, 0.25) is 5.91 Å². The molecule has 0 radical (unpaired) electrons. The highest BCUT2D eigenvalue weighted by atomic mass is 32.2. The van der Waals surface area contributed by atoms with E-state index in [-0.39, 0.29) is 12.5 Å². The van der Waals surface area contributed by atoms with Crippen LogP contribution in [0, 0.1) is 0 Å². The third kappa shape index (κ3) is 3.99. The first-order chi connectivity index (χ1) is 12.0. The van der Waals surface area contributed by atoms with Crippen LogP contribution in [0.4, 0.5) is 0 Å². The number of rotatable bonds is 6. The third-order valence-corrected chi connectivity index (χ3v) is 5.04. The minimum absolute atomic E-state index is 0.118. The molecular weight excluding hydrogens is 334 g/mol. The first-order valence-corrected chi connectivity index (χ1v) is 9.76. The molecule has 3 rings (SSSR count). The second kappa shape index (κ2) is 7.50. The molecule has 5 heteroatoms. The number of hydrogen-bond acceptors (Lipinski definition) is 4. The van der Waals surface area contributed by atoms with Gasteiger partial charge in [-0.2, -0.15) is 11.8 Å². The number of nitrogens with one attached hydrogen (secondary N) is 1. The van der Waals surface area contributed by atoms with Crippen molar-refractivity contribution in [3.05, 3.63) is 59.7 Å². The van der Waals surface area contributed by atoms with Crippen molar-refractivity contribution in [1.82, 2.24) is 5.32 Å². The van der Waals surface area contributed by atoms with Crippen LogP contribution in [0.5, 0.6) is 11.5 Å². The summed E-state index contributed by atoms with van der Waals surface area (Å²) in [7, 11) is 0. The molecule has 1 amide bonds. The van der Waals surface area contributed by atoms with Crippen LogP contribution < -0.4 is 10.1 Å². The number of amides is 1. The van der Waals surface area contributed by atoms with E-state index in [0.717, 1.165) is 16.9 Å². The summed E-state index contributed by atoms with van der Waals surface area (Å²) in [5, 5.41) is 13.4. The van der Waals surface area contributed by atoms with E-state index in [1.165, 1.54) is 0 Å². The van der Waals surface area contributed by atoms with Crippen LogP contribution in [0.3, 0.4) is 0 Å². The largest absolute Gasteiger partial charge is 0.457 e. The van der Waals surface area contributed by atoms with Gasteiger partial charge in [0.05, 0.1) is 11.5 Å². The lowest BCUT2D eigenvalue weighted by Gasteiger charge is -2.29. The Hall–Kier alpha value is -1.98. The number of fused-ring (bicyclic) bond motifs is 2. The summed E-state index contributed by atoms with van der Waals surface area (Å²) in [6.07, 6.45) is 2.64. The fraction of sp³-hybridized carbons (Fsp3) is 0.350. The van der Waals surface area contributed by atoms with E-state index in [4.69, 9.17) is 4.74 Å². The predicted octanol–water partition coefficient (Wildman–Crippen LogP) is 3.54. The molecule has 0 unspecified atom stereocenters. The van der Waals surface area contributed by atoms with Crippen LogP contribution >= 0.6 is 11.8 Å². The van der Waals surface area contributed by atoms with Crippen molar-refractivity contribution in [3.8, 4) is 11.5 Å². The van der Waals surface area contributed by atoms with Crippen LogP contribution in [0.25, 0.3) is 0 Å². The van der Waals surface area contributed by atoms with Crippen LogP contribution in [0.1, 0.15) is 30.4 Å². The molecule has 2 aromatic carbocycles. The summed E-state index contributed by atoms with van der Waals surface area (Å²) >= 11 is 1.68. The Morgan fingerprint density at radius 2 is 1.72 bits per heavy atom. The van der Waals surface area contributed by atoms with Gasteiger partial charge in [-0.3, -0.25) is 4.79 Å². The molecule has 1 aliphatic rings. The van der Waals surface area contributed by atoms with Gasteiger partial charge in [-0.1, -0.05) is 36.4 Å². The highest BCUT2D eigenvalue weighted by Crippen LogP contribution is 2.43. The molecule has 0 saturated carbocycles. The number of benzene rings is 2. The second-order valence-corrected chi connectivity index (χ2v) is 7.55. The zero-order valence-corrected chi connectivity index (χ0v) is 15.3. The van der Waals surface area contributed by atoms with E-state index in [0.29, 0.717) is 17.9 Å². The van der Waals surface area contributed by atoms with Crippen molar-refractivity contribution >= 4 is 17.7 Å². The number of para-hydroxylation sites is 2. The summed E-state index contributed by atoms with van der Waals surface area (Å²) in [4.78, 5) is 13.0. The molecule has 2 aromatic rings. The Bertz CT molecular complexity index is 715. The SMILES string of the molecule is CSCC[C@](C)(O)CNC(=O)C1c2ccccc2Oc2ccccc21. The Morgan fingerprint density at radius 1 is 1.16 bits per heavy atom. The molecule has 0 fully saturated rings. The van der Waals surface area contributed by atoms with Gasteiger partial charge in [0.1, 0.15) is 11.5 Å². The highest BCUT2D eigenvalue weighted by molar-refractivity contribution is 7.98. The van der Waals surface area contributed by atoms with Crippen molar-refractivity contribution in [2.75, 3.05) is 18.6 Å². The molecule has 1 heterocycles. The Kier molecular flexibility index (Phi) is 5.35. The van der Waals surface area contributed by atoms with Crippen molar-refractivity contribution in [2.24, 2.45) is 0 Å². The van der Waals surface area contributed by atoms with E-state index in [1.54, 1.807) is 18.7 Å². The summed E-state index contributed by atoms with van der Waals surface area (Å²) in [6.45, 7) is 1.99. The average Bonchev–Trinajstić information content (AvgIpc) is 2.62. The number of thioether (sulfide) groups is 1. The minimum Gasteiger partial charge on any atom is -0.457 e. The molecule has 0 aliphatic carbocycles. The van der Waals surface area contributed by atoms with Crippen molar-refractivity contribution < 1.29 is 14.6 Å². The maximum atomic E-state index is 13.0. The fourth-order valence-corrected chi connectivity index (χ4v) is 3.63. The zero-order chi connectivity index (χ0) is 17.9. The molecule has 132 valence electrons. The van der Waals surface area contributed by atoms with Crippen molar-refractivity contribution in [1.29, 1.82) is 0 Å². The van der Waals surface area contributed by atoms with Crippen molar-refractivity contribution in [2.45, 2.75) is 24.9 Å². The van der Waals surface area contributed by atoms with E-state index in [9.17, 15) is 9.90 Å². The molecule has 25 heavy (non-hydrogen) atoms. The quantitative estimate of drug-likeness (QED) is 0.830. The molecule has 0 saturated heterocycles. The van der Waals surface area contributed by atoms with Gasteiger partial charge >= 0.3 is 0 Å². The zero-order valence-electron chi connectivity index (χ0n) is 14.5. The summed E-state index contributed by atoms with van der Waals surface area (Å²) in [5.74, 6) is 1.71. The molecule has 2 N–H and O–H groups in total. The van der Waals surface area contributed by atoms with Gasteiger partial charge in [-0.05, 0) is 37.5 Å². The normalized spacial score (nSPS) is 15.5. The van der Waals surface area contributed by atoms with E-state index in [1.807, 2.05) is 54.8 Å². The van der Waals surface area contributed by atoms with Gasteiger partial charge in [0.15, 0.2) is 0 Å². The summed E-state index contributed by atoms with van der Waals surface area (Å²) in [5.41, 5.74) is 0.785. The van der Waals surface area contributed by atoms with E-state index in [2.05, 4.69) is 5.32 Å². The second-order valence-electron chi connectivity index (χ2n) is 6.57. The third-order valence-electron chi connectivity index (χ3n) is 4.43. The summed E-state index contributed by atoms with van der Waals surface area (Å²) in [6, 6.07) is 15.2. The van der Waals surface area contributed by atoms with Crippen molar-refractivity contribution in [3.63, 3.8) is 0 Å². The number of aliphatic hydroxyl groups is 1. The Morgan fingerprint density at radius 3 is 2.28 bits per heavy atom. The first kappa shape index (κ1) is 17.8. The van der Waals surface area contributed by atoms with Gasteiger partial charge in [0.25, 0.3) is 0 Å². The highest BCUT2D eigenvalue weighted by Gasteiger charge is 2.33. The van der Waals surface area contributed by atoms with Gasteiger partial charge in [-0.15, -0.1) is 0 Å². The lowest BCUT2D eigenvalue weighted by atomic mass is 9.87. The van der Waals surface area contributed by atoms with Gasteiger partial charge < -0.3 is 15.2 Å². The Balaban J connectivity index is 1.83. The maximum absolute atomic E-state index is 13.0. The number of carbonyl (C=O) groups is 1. The topological polar surface area (TPSA) is 58.6 Å². The fourth-order valence-electron chi connectivity index (χ4n) is 2.98. The molecular formula is C20H23NO3S. The number of carbonyl (C=O) groups excluding carboxylic acids is 1. The Labute approximate surface area is 152 Å². The van der Waals surface area contributed by atoms with Crippen LogP contribution in [-0.4, -0.2) is 35.2 Å². The summed E-state index contributed by atoms with van der Waals surface area (Å²) < 4.78 is 5.92. The van der Waals surface area contributed by atoms with Crippen LogP contribution in [0.2, 0.25) is 0 Å². The monoisotopic (exact) mass is 357 g/mol. The van der Waals surface area contributed by atoms with Gasteiger partial charge in [-0.25, -0.2) is 0 Å². The predicted molar refractivity (Wildman–Crippen MR) is 101 cm³/mol. The molecule has 1 aliphatic heterocycles. The standard InChI is InChI=1S/C20H23NO3S/c1-20(23,11-12-25-2)13-21-19(22)18-14-7-3-5-9-16(14)24-17-10-6-4-8-15(17)18/h3-10,18,23H,11-13H2,1-2H3,(H,21,22)/t20-/m0/s1. The average molecular weight is 357 g/mol. The minimum atomic E-state index is -0.914. The maximum Gasteiger partial charge on any atom is 0.232 e. The smallest absolute Gasteiger partial charge is 0.232 e. The molecule has 0 spiro atoms. The number of hydrogen-bond donors (Lipinski definition) is 2. The molecule has 1 atom stereocenters. The molecule has 0 aromatic heterocycles. The van der Waals surface area contributed by atoms with E-state index >= 15 is 0 Å². The molecule has 4 nitrogen and oxygen atoms in total. The van der Waals surface area contributed by atoms with Crippen LogP contribution in [-0.2, 0) is 4.79 Å². The van der Waals surface area contributed by atoms with E-state index < -0.39 is 11.5 Å². The first-order valence-electron chi connectivity index (χ1n) is 8.36. The molecule has 0 bridgehead atoms. The van der Waals surface area contributed by atoms with Crippen LogP contribution in [0.15, 0.2) is 48.5 Å². The number of ether oxygens (including phenoxy) is 1.